The van der Waals surface area contributed by atoms with Crippen LogP contribution in [0.25, 0.3) is 0 Å². The summed E-state index contributed by atoms with van der Waals surface area (Å²) in [5, 5.41) is 0. The van der Waals surface area contributed by atoms with Crippen LogP contribution in [0.5, 0.6) is 5.75 Å². The van der Waals surface area contributed by atoms with E-state index in [1.54, 1.807) is 17.0 Å². The first-order valence-electron chi connectivity index (χ1n) is 9.79. The molecule has 1 aliphatic heterocycles. The van der Waals surface area contributed by atoms with E-state index in [4.69, 9.17) is 21.7 Å². The molecule has 0 aliphatic carbocycles. The highest BCUT2D eigenvalue weighted by molar-refractivity contribution is 7.71. The van der Waals surface area contributed by atoms with Gasteiger partial charge < -0.3 is 18.9 Å². The molecule has 0 N–H and O–H groups in total. The van der Waals surface area contributed by atoms with Crippen LogP contribution in [0, 0.1) is 10.5 Å². The third-order valence-corrected chi connectivity index (χ3v) is 4.98. The first-order chi connectivity index (χ1) is 13.7. The van der Waals surface area contributed by atoms with Crippen LogP contribution >= 0.6 is 12.2 Å². The van der Waals surface area contributed by atoms with Gasteiger partial charge in [-0.15, -0.1) is 0 Å². The number of rotatable bonds is 4. The van der Waals surface area contributed by atoms with Gasteiger partial charge in [0.05, 0.1) is 0 Å². The molecule has 29 heavy (non-hydrogen) atoms. The maximum atomic E-state index is 13.0. The molecule has 2 aromatic rings. The lowest BCUT2D eigenvalue weighted by Gasteiger charge is -2.33. The quantitative estimate of drug-likeness (QED) is 0.642. The van der Waals surface area contributed by atoms with Gasteiger partial charge in [0.1, 0.15) is 27.9 Å². The number of amides is 1. The summed E-state index contributed by atoms with van der Waals surface area (Å²) in [5.74, 6) is 0.472. The second kappa shape index (κ2) is 8.95. The zero-order valence-electron chi connectivity index (χ0n) is 17.1. The summed E-state index contributed by atoms with van der Waals surface area (Å²) in [6.07, 6.45) is 3.14. The molecule has 2 heterocycles. The largest absolute Gasteiger partial charge is 0.490 e. The molecule has 156 valence electrons. The number of piperidine rings is 1. The average molecular weight is 419 g/mol. The van der Waals surface area contributed by atoms with E-state index in [0.29, 0.717) is 24.3 Å². The first-order valence-corrected chi connectivity index (χ1v) is 10.2. The molecule has 0 unspecified atom stereocenters. The van der Waals surface area contributed by atoms with Crippen molar-refractivity contribution < 1.29 is 18.7 Å². The molecule has 0 radical (unpaired) electrons. The third kappa shape index (κ3) is 6.29. The average Bonchev–Trinajstić information content (AvgIpc) is 2.65. The zero-order chi connectivity index (χ0) is 21.0. The molecular weight excluding hydrogens is 391 g/mol. The molecule has 0 saturated carbocycles. The van der Waals surface area contributed by atoms with Crippen molar-refractivity contribution >= 4 is 18.3 Å². The minimum Gasteiger partial charge on any atom is -0.490 e. The Hall–Kier alpha value is -2.41. The summed E-state index contributed by atoms with van der Waals surface area (Å²) in [7, 11) is 0. The fraction of sp³-hybridized carbons (Fsp3) is 0.455. The number of carbonyl (C=O) groups excluding carboxylic acids is 1. The standard InChI is InChI=1S/C22H27FN2O3S/c1-22(2,3)28-21(26)24-11-8-18(9-12-24)27-19-10-13-25(20(29)14-19)15-16-4-6-17(23)7-5-16/h4-7,10,13-14,18H,8-9,11-12,15H2,1-3H3. The van der Waals surface area contributed by atoms with Gasteiger partial charge in [0.2, 0.25) is 0 Å². The van der Waals surface area contributed by atoms with E-state index in [-0.39, 0.29) is 18.0 Å². The van der Waals surface area contributed by atoms with Crippen molar-refractivity contribution in [1.82, 2.24) is 9.47 Å². The Morgan fingerprint density at radius 2 is 1.83 bits per heavy atom. The van der Waals surface area contributed by atoms with Gasteiger partial charge >= 0.3 is 6.09 Å². The summed E-state index contributed by atoms with van der Waals surface area (Å²) in [5.41, 5.74) is 0.489. The van der Waals surface area contributed by atoms with Crippen LogP contribution in [-0.4, -0.2) is 40.4 Å². The minimum absolute atomic E-state index is 0.0380. The van der Waals surface area contributed by atoms with Crippen molar-refractivity contribution in [1.29, 1.82) is 0 Å². The highest BCUT2D eigenvalue weighted by atomic mass is 32.1. The molecule has 0 bridgehead atoms. The lowest BCUT2D eigenvalue weighted by atomic mass is 10.1. The van der Waals surface area contributed by atoms with Crippen LogP contribution in [0.15, 0.2) is 42.6 Å². The van der Waals surface area contributed by atoms with Crippen molar-refractivity contribution in [3.63, 3.8) is 0 Å². The predicted octanol–water partition coefficient (Wildman–Crippen LogP) is 5.18. The van der Waals surface area contributed by atoms with E-state index in [0.717, 1.165) is 24.2 Å². The first kappa shape index (κ1) is 21.3. The number of ether oxygens (including phenoxy) is 2. The van der Waals surface area contributed by atoms with E-state index in [2.05, 4.69) is 0 Å². The summed E-state index contributed by atoms with van der Waals surface area (Å²) in [4.78, 5) is 13.9. The normalized spacial score (nSPS) is 15.2. The lowest BCUT2D eigenvalue weighted by molar-refractivity contribution is 0.0126. The van der Waals surface area contributed by atoms with Crippen LogP contribution < -0.4 is 4.74 Å². The molecule has 1 aromatic carbocycles. The number of halogens is 1. The second-order valence-corrected chi connectivity index (χ2v) is 8.66. The van der Waals surface area contributed by atoms with Gasteiger partial charge in [0.25, 0.3) is 0 Å². The Bertz CT molecular complexity index is 898. The number of carbonyl (C=O) groups is 1. The summed E-state index contributed by atoms with van der Waals surface area (Å²) in [6.45, 7) is 7.39. The monoisotopic (exact) mass is 418 g/mol. The smallest absolute Gasteiger partial charge is 0.410 e. The maximum Gasteiger partial charge on any atom is 0.410 e. The summed E-state index contributed by atoms with van der Waals surface area (Å²) >= 11 is 5.48. The minimum atomic E-state index is -0.488. The molecule has 3 rings (SSSR count). The van der Waals surface area contributed by atoms with Crippen molar-refractivity contribution in [2.75, 3.05) is 13.1 Å². The number of benzene rings is 1. The number of aromatic nitrogens is 1. The SMILES string of the molecule is CC(C)(C)OC(=O)N1CCC(Oc2ccn(Cc3ccc(F)cc3)c(=S)c2)CC1. The molecule has 0 spiro atoms. The molecule has 1 aromatic heterocycles. The van der Waals surface area contributed by atoms with Crippen LogP contribution in [0.4, 0.5) is 9.18 Å². The molecule has 1 fully saturated rings. The fourth-order valence-corrected chi connectivity index (χ4v) is 3.40. The Labute approximate surface area is 176 Å². The molecule has 1 amide bonds. The Balaban J connectivity index is 1.54. The van der Waals surface area contributed by atoms with E-state index >= 15 is 0 Å². The van der Waals surface area contributed by atoms with Gasteiger partial charge in [0, 0.05) is 44.7 Å². The van der Waals surface area contributed by atoms with Crippen LogP contribution in [0.3, 0.4) is 0 Å². The predicted molar refractivity (Wildman–Crippen MR) is 112 cm³/mol. The summed E-state index contributed by atoms with van der Waals surface area (Å²) < 4.78 is 27.1. The van der Waals surface area contributed by atoms with E-state index in [1.165, 1.54) is 12.1 Å². The van der Waals surface area contributed by atoms with Crippen molar-refractivity contribution in [2.45, 2.75) is 51.9 Å². The molecule has 0 atom stereocenters. The number of pyridine rings is 1. The van der Waals surface area contributed by atoms with Gasteiger partial charge in [-0.25, -0.2) is 9.18 Å². The Kier molecular flexibility index (Phi) is 6.57. The fourth-order valence-electron chi connectivity index (χ4n) is 3.16. The van der Waals surface area contributed by atoms with Crippen molar-refractivity contribution in [3.8, 4) is 5.75 Å². The molecule has 5 nitrogen and oxygen atoms in total. The summed E-state index contributed by atoms with van der Waals surface area (Å²) in [6, 6.07) is 10.1. The lowest BCUT2D eigenvalue weighted by Crippen LogP contribution is -2.44. The topological polar surface area (TPSA) is 43.7 Å². The Morgan fingerprint density at radius 3 is 2.41 bits per heavy atom. The van der Waals surface area contributed by atoms with Gasteiger partial charge in [0.15, 0.2) is 0 Å². The van der Waals surface area contributed by atoms with Gasteiger partial charge in [-0.3, -0.25) is 0 Å². The van der Waals surface area contributed by atoms with Crippen LogP contribution in [0.1, 0.15) is 39.2 Å². The molecule has 7 heteroatoms. The van der Waals surface area contributed by atoms with Gasteiger partial charge in [-0.1, -0.05) is 24.4 Å². The van der Waals surface area contributed by atoms with Crippen LogP contribution in [-0.2, 0) is 11.3 Å². The molecular formula is C22H27FN2O3S. The second-order valence-electron chi connectivity index (χ2n) is 8.24. The van der Waals surface area contributed by atoms with E-state index in [9.17, 15) is 9.18 Å². The number of hydrogen-bond donors (Lipinski definition) is 0. The highest BCUT2D eigenvalue weighted by Crippen LogP contribution is 2.21. The Morgan fingerprint density at radius 1 is 1.17 bits per heavy atom. The highest BCUT2D eigenvalue weighted by Gasteiger charge is 2.27. The number of likely N-dealkylation sites (tertiary alicyclic amines) is 1. The zero-order valence-corrected chi connectivity index (χ0v) is 17.9. The van der Waals surface area contributed by atoms with Crippen molar-refractivity contribution in [3.05, 3.63) is 58.6 Å². The third-order valence-electron chi connectivity index (χ3n) is 4.63. The van der Waals surface area contributed by atoms with Crippen molar-refractivity contribution in [2.24, 2.45) is 0 Å². The number of hydrogen-bond acceptors (Lipinski definition) is 4. The van der Waals surface area contributed by atoms with E-state index in [1.807, 2.05) is 43.7 Å². The van der Waals surface area contributed by atoms with Gasteiger partial charge in [-0.05, 0) is 44.5 Å². The van der Waals surface area contributed by atoms with E-state index < -0.39 is 5.60 Å². The maximum absolute atomic E-state index is 13.0. The van der Waals surface area contributed by atoms with Crippen LogP contribution in [0.2, 0.25) is 0 Å². The molecule has 1 aliphatic rings. The molecule has 1 saturated heterocycles. The number of nitrogens with zero attached hydrogens (tertiary/aromatic N) is 2. The van der Waals surface area contributed by atoms with Gasteiger partial charge in [-0.2, -0.15) is 0 Å².